The van der Waals surface area contributed by atoms with Gasteiger partial charge in [-0.1, -0.05) is 6.08 Å². The van der Waals surface area contributed by atoms with Crippen molar-refractivity contribution in [2.45, 2.75) is 32.2 Å². The Balaban J connectivity index is 0.00000338. The number of fused-ring (bicyclic) bond motifs is 1. The van der Waals surface area contributed by atoms with Crippen LogP contribution in [0.5, 0.6) is 5.75 Å². The molecule has 0 saturated carbocycles. The Hall–Kier alpha value is -0.0600. The van der Waals surface area contributed by atoms with Crippen molar-refractivity contribution in [1.29, 1.82) is 0 Å². The number of hydrogen-bond donors (Lipinski definition) is 0. The molecule has 0 radical (unpaired) electrons. The molecule has 0 aliphatic carbocycles. The molecule has 0 aromatic heterocycles. The zero-order valence-corrected chi connectivity index (χ0v) is 21.3. The zero-order valence-electron chi connectivity index (χ0n) is 16.4. The third-order valence-electron chi connectivity index (χ3n) is 4.16. The summed E-state index contributed by atoms with van der Waals surface area (Å²) in [7, 11) is -2.91. The monoisotopic (exact) mass is 413 g/mol. The first kappa shape index (κ1) is 26.9. The van der Waals surface area contributed by atoms with E-state index in [4.69, 9.17) is 4.74 Å². The molecule has 0 fully saturated rings. The Bertz CT molecular complexity index is 808. The Kier molecular flexibility index (Phi) is 10.6. The molecule has 0 saturated heterocycles. The fourth-order valence-electron chi connectivity index (χ4n) is 3.13. The summed E-state index contributed by atoms with van der Waals surface area (Å²) < 4.78 is 39.0. The number of ether oxygens (including phenoxy) is 1. The van der Waals surface area contributed by atoms with Crippen LogP contribution in [-0.2, 0) is 14.9 Å². The molecule has 1 heterocycles. The van der Waals surface area contributed by atoms with E-state index in [-0.39, 0.29) is 65.5 Å². The molecule has 0 unspecified atom stereocenters. The minimum atomic E-state index is -4.43. The van der Waals surface area contributed by atoms with Crippen LogP contribution in [0.2, 0.25) is 0 Å². The third kappa shape index (κ3) is 7.36. The van der Waals surface area contributed by atoms with Crippen LogP contribution in [0.1, 0.15) is 32.3 Å². The van der Waals surface area contributed by atoms with Crippen LogP contribution in [0.3, 0.4) is 0 Å². The normalized spacial score (nSPS) is 15.0. The summed E-state index contributed by atoms with van der Waals surface area (Å²) in [4.78, 5) is 12.7. The van der Waals surface area contributed by atoms with E-state index < -0.39 is 27.4 Å². The zero-order chi connectivity index (χ0) is 18.8. The van der Waals surface area contributed by atoms with Gasteiger partial charge in [0, 0.05) is 29.8 Å². The van der Waals surface area contributed by atoms with Gasteiger partial charge in [-0.3, -0.25) is 0 Å². The summed E-state index contributed by atoms with van der Waals surface area (Å²) >= 11 is 0. The Morgan fingerprint density at radius 1 is 1.26 bits per heavy atom. The van der Waals surface area contributed by atoms with Gasteiger partial charge in [0.1, 0.15) is 5.75 Å². The van der Waals surface area contributed by atoms with Gasteiger partial charge in [0.05, 0.1) is 28.5 Å². The number of benzene rings is 1. The summed E-state index contributed by atoms with van der Waals surface area (Å²) in [5.41, 5.74) is 1.19. The summed E-state index contributed by atoms with van der Waals surface area (Å²) in [6.45, 7) is 4.20. The van der Waals surface area contributed by atoms with E-state index in [2.05, 4.69) is 0 Å². The van der Waals surface area contributed by atoms with Gasteiger partial charge in [0.15, 0.2) is 0 Å². The molecule has 1 aromatic rings. The number of carbonyl (C=O) groups excluding carboxylic acids is 1. The van der Waals surface area contributed by atoms with E-state index >= 15 is 0 Å². The summed E-state index contributed by atoms with van der Waals surface area (Å²) in [6.07, 6.45) is 2.05. The second-order valence-corrected chi connectivity index (χ2v) is 7.94. The van der Waals surface area contributed by atoms with Crippen molar-refractivity contribution in [3.05, 3.63) is 29.8 Å². The van der Waals surface area contributed by atoms with Gasteiger partial charge in [-0.15, -0.1) is 0 Å². The molecule has 1 aliphatic rings. The van der Waals surface area contributed by atoms with Crippen LogP contribution >= 0.6 is 0 Å². The average Bonchev–Trinajstić information content (AvgIpc) is 2.47. The summed E-state index contributed by atoms with van der Waals surface area (Å²) in [5.74, 6) is -1.12. The molecule has 0 N–H and O–H groups in total. The van der Waals surface area contributed by atoms with Gasteiger partial charge >= 0.3 is 59.1 Å². The molecule has 27 heavy (non-hydrogen) atoms. The molecule has 0 amide bonds. The van der Waals surface area contributed by atoms with Crippen molar-refractivity contribution in [3.8, 4) is 5.75 Å². The Morgan fingerprint density at radius 2 is 1.89 bits per heavy atom. The smallest absolute Gasteiger partial charge is 0.748 e. The molecule has 0 spiro atoms. The van der Waals surface area contributed by atoms with Crippen molar-refractivity contribution in [2.75, 3.05) is 24.3 Å². The number of hydrogen-bond acceptors (Lipinski definition) is 7. The minimum Gasteiger partial charge on any atom is -0.748 e. The van der Waals surface area contributed by atoms with Crippen molar-refractivity contribution < 1.29 is 86.7 Å². The van der Waals surface area contributed by atoms with Crippen LogP contribution in [0.15, 0.2) is 24.3 Å². The molecule has 7 nitrogen and oxygen atoms in total. The van der Waals surface area contributed by atoms with Gasteiger partial charge in [-0.25, -0.2) is 8.42 Å². The van der Waals surface area contributed by atoms with Crippen LogP contribution in [0, 0.1) is 0 Å². The molecule has 2 rings (SSSR count). The number of carboxylic acids is 1. The van der Waals surface area contributed by atoms with E-state index in [1.807, 2.05) is 18.7 Å². The number of carboxylic acid groups (broad SMARTS) is 1. The maximum absolute atomic E-state index is 11.3. The molecule has 138 valence electrons. The first-order chi connectivity index (χ1) is 11.5. The topological polar surface area (TPSA) is 110 Å². The van der Waals surface area contributed by atoms with E-state index in [0.29, 0.717) is 35.5 Å². The van der Waals surface area contributed by atoms with E-state index in [1.54, 1.807) is 24.3 Å². The SMILES string of the molecule is COc1ccc2c(c1)N(CCCC(=O)[O-])C(C)(C)C=C2CS(=O)(=O)[O-].[Na+].[Na+]. The number of aliphatic carboxylic acids is 1. The van der Waals surface area contributed by atoms with Crippen LogP contribution < -0.4 is 73.9 Å². The van der Waals surface area contributed by atoms with Crippen molar-refractivity contribution in [1.82, 2.24) is 0 Å². The maximum Gasteiger partial charge on any atom is 1.00 e. The van der Waals surface area contributed by atoms with Gasteiger partial charge in [0.2, 0.25) is 0 Å². The van der Waals surface area contributed by atoms with Crippen LogP contribution in [-0.4, -0.2) is 43.9 Å². The van der Waals surface area contributed by atoms with Gasteiger partial charge in [0.25, 0.3) is 0 Å². The van der Waals surface area contributed by atoms with Gasteiger partial charge < -0.3 is 24.1 Å². The predicted molar refractivity (Wildman–Crippen MR) is 91.2 cm³/mol. The standard InChI is InChI=1S/C17H23NO6S.2Na/c1-17(2)10-12(11-25(21,22)23)14-7-6-13(24-3)9-15(14)18(17)8-4-5-16(19)20;;/h6-7,9-10H,4-5,8,11H2,1-3H3,(H,19,20)(H,21,22,23);;/q;2*+1/p-2. The molecule has 1 aromatic carbocycles. The second-order valence-electron chi connectivity index (χ2n) is 6.54. The Labute approximate surface area is 204 Å². The summed E-state index contributed by atoms with van der Waals surface area (Å²) in [6, 6.07) is 5.18. The molecule has 1 aliphatic heterocycles. The van der Waals surface area contributed by atoms with E-state index in [9.17, 15) is 22.9 Å². The predicted octanol–water partition coefficient (Wildman–Crippen LogP) is -5.24. The Morgan fingerprint density at radius 3 is 2.41 bits per heavy atom. The molecule has 0 atom stereocenters. The first-order valence-electron chi connectivity index (χ1n) is 7.85. The van der Waals surface area contributed by atoms with Crippen LogP contribution in [0.4, 0.5) is 5.69 Å². The minimum absolute atomic E-state index is 0. The number of rotatable bonds is 7. The number of anilines is 1. The van der Waals surface area contributed by atoms with Gasteiger partial charge in [-0.05, 0) is 44.4 Å². The number of methoxy groups -OCH3 is 1. The number of nitrogens with zero attached hydrogens (tertiary/aromatic N) is 1. The van der Waals surface area contributed by atoms with Crippen molar-refractivity contribution >= 4 is 27.3 Å². The first-order valence-corrected chi connectivity index (χ1v) is 9.42. The van der Waals surface area contributed by atoms with E-state index in [0.717, 1.165) is 0 Å². The average molecular weight is 413 g/mol. The number of carbonyl (C=O) groups is 1. The van der Waals surface area contributed by atoms with Gasteiger partial charge in [-0.2, -0.15) is 0 Å². The maximum atomic E-state index is 11.3. The van der Waals surface area contributed by atoms with Crippen LogP contribution in [0.25, 0.3) is 5.57 Å². The quantitative estimate of drug-likeness (QED) is 0.325. The second kappa shape index (κ2) is 10.6. The summed E-state index contributed by atoms with van der Waals surface area (Å²) in [5, 5.41) is 10.7. The molecule has 10 heteroatoms. The fraction of sp³-hybridized carbons (Fsp3) is 0.471. The fourth-order valence-corrected chi connectivity index (χ4v) is 3.75. The van der Waals surface area contributed by atoms with Crippen molar-refractivity contribution in [3.63, 3.8) is 0 Å². The van der Waals surface area contributed by atoms with Crippen molar-refractivity contribution in [2.24, 2.45) is 0 Å². The molecule has 0 bridgehead atoms. The molecular formula is C17H21NNa2O6S. The molecular weight excluding hydrogens is 392 g/mol. The largest absolute Gasteiger partial charge is 1.00 e. The third-order valence-corrected chi connectivity index (χ3v) is 4.82. The van der Waals surface area contributed by atoms with E-state index in [1.165, 1.54) is 7.11 Å².